The third-order valence-corrected chi connectivity index (χ3v) is 3.72. The highest BCUT2D eigenvalue weighted by Crippen LogP contribution is 2.23. The van der Waals surface area contributed by atoms with Crippen molar-refractivity contribution in [1.29, 1.82) is 0 Å². The maximum atomic E-state index is 12.1. The Morgan fingerprint density at radius 1 is 1.19 bits per heavy atom. The second-order valence-electron chi connectivity index (χ2n) is 5.29. The van der Waals surface area contributed by atoms with Gasteiger partial charge in [0.05, 0.1) is 24.4 Å². The van der Waals surface area contributed by atoms with Crippen LogP contribution in [0.3, 0.4) is 0 Å². The third-order valence-electron chi connectivity index (χ3n) is 3.72. The van der Waals surface area contributed by atoms with Gasteiger partial charge in [-0.25, -0.2) is 0 Å². The molecule has 0 aromatic heterocycles. The Morgan fingerprint density at radius 2 is 1.90 bits per heavy atom. The fourth-order valence-electron chi connectivity index (χ4n) is 2.54. The van der Waals surface area contributed by atoms with Crippen LogP contribution in [0.25, 0.3) is 0 Å². The zero-order chi connectivity index (χ0) is 15.1. The van der Waals surface area contributed by atoms with Crippen LogP contribution in [0.2, 0.25) is 0 Å². The summed E-state index contributed by atoms with van der Waals surface area (Å²) in [5.41, 5.74) is 7.86. The maximum Gasteiger partial charge on any atom is 0.225 e. The van der Waals surface area contributed by atoms with Crippen molar-refractivity contribution in [3.05, 3.63) is 24.3 Å². The summed E-state index contributed by atoms with van der Waals surface area (Å²) in [5, 5.41) is 0. The van der Waals surface area contributed by atoms with Crippen LogP contribution in [0.4, 0.5) is 11.4 Å². The molecule has 1 aromatic rings. The molecule has 5 heteroatoms. The summed E-state index contributed by atoms with van der Waals surface area (Å²) in [4.78, 5) is 16.2. The molecule has 0 unspecified atom stereocenters. The highest BCUT2D eigenvalue weighted by Gasteiger charge is 2.21. The molecule has 1 aromatic carbocycles. The van der Waals surface area contributed by atoms with Crippen molar-refractivity contribution < 1.29 is 9.53 Å². The van der Waals surface area contributed by atoms with Crippen LogP contribution in [0.5, 0.6) is 0 Å². The van der Waals surface area contributed by atoms with Gasteiger partial charge in [-0.2, -0.15) is 0 Å². The SMILES string of the molecule is CCCOCCC(=O)N1CCN(c2ccccc2N)CC1. The van der Waals surface area contributed by atoms with Crippen molar-refractivity contribution in [1.82, 2.24) is 4.90 Å². The number of carbonyl (C=O) groups excluding carboxylic acids is 1. The second kappa shape index (κ2) is 7.88. The molecule has 1 heterocycles. The van der Waals surface area contributed by atoms with E-state index < -0.39 is 0 Å². The lowest BCUT2D eigenvalue weighted by atomic mass is 10.2. The average molecular weight is 291 g/mol. The van der Waals surface area contributed by atoms with Gasteiger partial charge in [0.15, 0.2) is 0 Å². The van der Waals surface area contributed by atoms with E-state index in [0.29, 0.717) is 13.0 Å². The van der Waals surface area contributed by atoms with Gasteiger partial charge in [0, 0.05) is 32.8 Å². The van der Waals surface area contributed by atoms with E-state index in [2.05, 4.69) is 11.8 Å². The summed E-state index contributed by atoms with van der Waals surface area (Å²) in [5.74, 6) is 0.187. The number of nitrogens with two attached hydrogens (primary N) is 1. The first-order valence-corrected chi connectivity index (χ1v) is 7.67. The van der Waals surface area contributed by atoms with Crippen molar-refractivity contribution in [3.8, 4) is 0 Å². The van der Waals surface area contributed by atoms with E-state index in [-0.39, 0.29) is 5.91 Å². The van der Waals surface area contributed by atoms with Crippen LogP contribution in [-0.4, -0.2) is 50.2 Å². The average Bonchev–Trinajstić information content (AvgIpc) is 2.52. The Hall–Kier alpha value is -1.75. The summed E-state index contributed by atoms with van der Waals surface area (Å²) >= 11 is 0. The first-order valence-electron chi connectivity index (χ1n) is 7.67. The van der Waals surface area contributed by atoms with Crippen LogP contribution in [0, 0.1) is 0 Å². The standard InChI is InChI=1S/C16H25N3O2/c1-2-12-21-13-7-16(20)19-10-8-18(9-11-19)15-6-4-3-5-14(15)17/h3-6H,2,7-13,17H2,1H3. The Kier molecular flexibility index (Phi) is 5.87. The lowest BCUT2D eigenvalue weighted by Gasteiger charge is -2.36. The molecule has 1 saturated heterocycles. The molecule has 21 heavy (non-hydrogen) atoms. The maximum absolute atomic E-state index is 12.1. The Labute approximate surface area is 126 Å². The lowest BCUT2D eigenvalue weighted by Crippen LogP contribution is -2.49. The van der Waals surface area contributed by atoms with Gasteiger partial charge in [0.2, 0.25) is 5.91 Å². The van der Waals surface area contributed by atoms with Crippen molar-refractivity contribution in [2.45, 2.75) is 19.8 Å². The molecule has 1 aliphatic heterocycles. The predicted molar refractivity (Wildman–Crippen MR) is 85.4 cm³/mol. The van der Waals surface area contributed by atoms with Crippen LogP contribution in [0.1, 0.15) is 19.8 Å². The Morgan fingerprint density at radius 3 is 2.57 bits per heavy atom. The third kappa shape index (κ3) is 4.36. The van der Waals surface area contributed by atoms with E-state index in [0.717, 1.165) is 50.6 Å². The van der Waals surface area contributed by atoms with Crippen molar-refractivity contribution in [2.75, 3.05) is 50.0 Å². The van der Waals surface area contributed by atoms with Gasteiger partial charge >= 0.3 is 0 Å². The number of para-hydroxylation sites is 2. The first-order chi connectivity index (χ1) is 10.2. The van der Waals surface area contributed by atoms with Gasteiger partial charge in [-0.1, -0.05) is 19.1 Å². The van der Waals surface area contributed by atoms with E-state index in [1.165, 1.54) is 0 Å². The minimum atomic E-state index is 0.187. The van der Waals surface area contributed by atoms with Crippen LogP contribution >= 0.6 is 0 Å². The molecule has 1 fully saturated rings. The second-order valence-corrected chi connectivity index (χ2v) is 5.29. The molecular weight excluding hydrogens is 266 g/mol. The summed E-state index contributed by atoms with van der Waals surface area (Å²) in [7, 11) is 0. The molecule has 116 valence electrons. The highest BCUT2D eigenvalue weighted by atomic mass is 16.5. The molecule has 0 bridgehead atoms. The zero-order valence-electron chi connectivity index (χ0n) is 12.8. The number of anilines is 2. The van der Waals surface area contributed by atoms with Crippen LogP contribution in [0.15, 0.2) is 24.3 Å². The molecule has 2 rings (SSSR count). The Balaban J connectivity index is 1.78. The number of benzene rings is 1. The fourth-order valence-corrected chi connectivity index (χ4v) is 2.54. The smallest absolute Gasteiger partial charge is 0.225 e. The molecule has 0 spiro atoms. The number of ether oxygens (including phenoxy) is 1. The normalized spacial score (nSPS) is 15.3. The number of rotatable bonds is 6. The molecule has 1 aliphatic rings. The number of piperazine rings is 1. The highest BCUT2D eigenvalue weighted by molar-refractivity contribution is 5.77. The number of amides is 1. The zero-order valence-corrected chi connectivity index (χ0v) is 12.8. The number of hydrogen-bond acceptors (Lipinski definition) is 4. The molecule has 0 radical (unpaired) electrons. The van der Waals surface area contributed by atoms with E-state index in [4.69, 9.17) is 10.5 Å². The summed E-state index contributed by atoms with van der Waals surface area (Å²) in [6.07, 6.45) is 1.47. The van der Waals surface area contributed by atoms with E-state index >= 15 is 0 Å². The lowest BCUT2D eigenvalue weighted by molar-refractivity contribution is -0.132. The number of hydrogen-bond donors (Lipinski definition) is 1. The topological polar surface area (TPSA) is 58.8 Å². The van der Waals surface area contributed by atoms with Gasteiger partial charge < -0.3 is 20.3 Å². The van der Waals surface area contributed by atoms with E-state index in [1.807, 2.05) is 29.2 Å². The number of carbonyl (C=O) groups is 1. The van der Waals surface area contributed by atoms with E-state index in [9.17, 15) is 4.79 Å². The van der Waals surface area contributed by atoms with Gasteiger partial charge in [-0.15, -0.1) is 0 Å². The molecule has 0 aliphatic carbocycles. The molecule has 1 amide bonds. The summed E-state index contributed by atoms with van der Waals surface area (Å²) in [6.45, 7) is 6.48. The minimum Gasteiger partial charge on any atom is -0.397 e. The number of nitrogen functional groups attached to an aromatic ring is 1. The minimum absolute atomic E-state index is 0.187. The molecule has 2 N–H and O–H groups in total. The van der Waals surface area contributed by atoms with Gasteiger partial charge in [0.1, 0.15) is 0 Å². The molecule has 0 saturated carbocycles. The first kappa shape index (κ1) is 15.6. The Bertz CT molecular complexity index is 457. The van der Waals surface area contributed by atoms with Crippen molar-refractivity contribution in [2.24, 2.45) is 0 Å². The summed E-state index contributed by atoms with van der Waals surface area (Å²) in [6, 6.07) is 7.88. The largest absolute Gasteiger partial charge is 0.397 e. The van der Waals surface area contributed by atoms with Crippen molar-refractivity contribution in [3.63, 3.8) is 0 Å². The van der Waals surface area contributed by atoms with E-state index in [1.54, 1.807) is 0 Å². The predicted octanol–water partition coefficient (Wildman–Crippen LogP) is 1.73. The fraction of sp³-hybridized carbons (Fsp3) is 0.562. The van der Waals surface area contributed by atoms with Gasteiger partial charge in [-0.05, 0) is 18.6 Å². The molecular formula is C16H25N3O2. The summed E-state index contributed by atoms with van der Waals surface area (Å²) < 4.78 is 5.38. The van der Waals surface area contributed by atoms with Crippen molar-refractivity contribution >= 4 is 17.3 Å². The van der Waals surface area contributed by atoms with Gasteiger partial charge in [-0.3, -0.25) is 4.79 Å². The van der Waals surface area contributed by atoms with Crippen LogP contribution in [-0.2, 0) is 9.53 Å². The quantitative estimate of drug-likeness (QED) is 0.640. The van der Waals surface area contributed by atoms with Crippen LogP contribution < -0.4 is 10.6 Å². The monoisotopic (exact) mass is 291 g/mol. The number of nitrogens with zero attached hydrogens (tertiary/aromatic N) is 2. The molecule has 5 nitrogen and oxygen atoms in total. The molecule has 0 atom stereocenters. The van der Waals surface area contributed by atoms with Gasteiger partial charge in [0.25, 0.3) is 0 Å².